The summed E-state index contributed by atoms with van der Waals surface area (Å²) in [6, 6.07) is 8.24. The van der Waals surface area contributed by atoms with E-state index < -0.39 is 11.6 Å². The molecular formula is C13H10F2N6. The SMILES string of the molecule is Nc1cc(N)cc(-c2nnnn2-c2ccc(F)c(F)c2)c1. The fourth-order valence-electron chi connectivity index (χ4n) is 1.96. The van der Waals surface area contributed by atoms with E-state index in [-0.39, 0.29) is 5.69 Å². The van der Waals surface area contributed by atoms with E-state index in [0.29, 0.717) is 22.8 Å². The van der Waals surface area contributed by atoms with Crippen molar-refractivity contribution in [1.82, 2.24) is 20.2 Å². The lowest BCUT2D eigenvalue weighted by Gasteiger charge is -2.06. The van der Waals surface area contributed by atoms with Crippen molar-refractivity contribution in [2.24, 2.45) is 0 Å². The van der Waals surface area contributed by atoms with Crippen LogP contribution in [0, 0.1) is 11.6 Å². The summed E-state index contributed by atoms with van der Waals surface area (Å²) in [6.07, 6.45) is 0. The van der Waals surface area contributed by atoms with E-state index in [4.69, 9.17) is 11.5 Å². The number of anilines is 2. The first-order chi connectivity index (χ1) is 10.0. The normalized spacial score (nSPS) is 10.8. The van der Waals surface area contributed by atoms with E-state index in [0.717, 1.165) is 12.1 Å². The van der Waals surface area contributed by atoms with Crippen LogP contribution in [-0.2, 0) is 0 Å². The van der Waals surface area contributed by atoms with Crippen molar-refractivity contribution in [2.45, 2.75) is 0 Å². The molecule has 0 fully saturated rings. The highest BCUT2D eigenvalue weighted by molar-refractivity contribution is 5.68. The van der Waals surface area contributed by atoms with Gasteiger partial charge in [0.05, 0.1) is 5.69 Å². The molecule has 0 saturated carbocycles. The maximum atomic E-state index is 13.3. The Morgan fingerprint density at radius 2 is 1.62 bits per heavy atom. The van der Waals surface area contributed by atoms with E-state index in [1.54, 1.807) is 18.2 Å². The number of benzene rings is 2. The number of nitrogen functional groups attached to an aromatic ring is 2. The molecule has 6 nitrogen and oxygen atoms in total. The van der Waals surface area contributed by atoms with Crippen LogP contribution in [-0.4, -0.2) is 20.2 Å². The van der Waals surface area contributed by atoms with Crippen molar-refractivity contribution in [3.8, 4) is 17.1 Å². The van der Waals surface area contributed by atoms with Crippen LogP contribution in [0.15, 0.2) is 36.4 Å². The molecule has 0 aliphatic rings. The Morgan fingerprint density at radius 1 is 0.905 bits per heavy atom. The second-order valence-corrected chi connectivity index (χ2v) is 4.40. The van der Waals surface area contributed by atoms with Crippen LogP contribution in [0.3, 0.4) is 0 Å². The predicted octanol–water partition coefficient (Wildman–Crippen LogP) is 1.77. The zero-order valence-corrected chi connectivity index (χ0v) is 10.7. The van der Waals surface area contributed by atoms with Gasteiger partial charge in [-0.05, 0) is 40.8 Å². The fraction of sp³-hybridized carbons (Fsp3) is 0. The van der Waals surface area contributed by atoms with Crippen LogP contribution in [0.1, 0.15) is 0 Å². The molecule has 0 saturated heterocycles. The molecule has 2 aromatic carbocycles. The van der Waals surface area contributed by atoms with E-state index in [1.807, 2.05) is 0 Å². The zero-order chi connectivity index (χ0) is 15.0. The van der Waals surface area contributed by atoms with Crippen molar-refractivity contribution < 1.29 is 8.78 Å². The summed E-state index contributed by atoms with van der Waals surface area (Å²) in [5.74, 6) is -1.61. The highest BCUT2D eigenvalue weighted by atomic mass is 19.2. The molecule has 0 atom stereocenters. The number of tetrazole rings is 1. The average molecular weight is 288 g/mol. The third kappa shape index (κ3) is 2.38. The molecule has 0 unspecified atom stereocenters. The molecular weight excluding hydrogens is 278 g/mol. The summed E-state index contributed by atoms with van der Waals surface area (Å²) in [5, 5.41) is 11.2. The second-order valence-electron chi connectivity index (χ2n) is 4.40. The van der Waals surface area contributed by atoms with Crippen LogP contribution in [0.2, 0.25) is 0 Å². The number of nitrogens with zero attached hydrogens (tertiary/aromatic N) is 4. The van der Waals surface area contributed by atoms with Gasteiger partial charge in [0.2, 0.25) is 0 Å². The van der Waals surface area contributed by atoms with Crippen molar-refractivity contribution in [3.63, 3.8) is 0 Å². The van der Waals surface area contributed by atoms with Crippen molar-refractivity contribution in [1.29, 1.82) is 0 Å². The molecule has 4 N–H and O–H groups in total. The van der Waals surface area contributed by atoms with Gasteiger partial charge in [-0.3, -0.25) is 0 Å². The molecule has 0 radical (unpaired) electrons. The molecule has 0 amide bonds. The summed E-state index contributed by atoms with van der Waals surface area (Å²) in [6.45, 7) is 0. The summed E-state index contributed by atoms with van der Waals surface area (Å²) in [7, 11) is 0. The second kappa shape index (κ2) is 4.82. The number of hydrogen-bond donors (Lipinski definition) is 2. The fourth-order valence-corrected chi connectivity index (χ4v) is 1.96. The van der Waals surface area contributed by atoms with Crippen LogP contribution in [0.5, 0.6) is 0 Å². The molecule has 1 heterocycles. The minimum absolute atomic E-state index is 0.287. The molecule has 1 aromatic heterocycles. The highest BCUT2D eigenvalue weighted by Gasteiger charge is 2.13. The van der Waals surface area contributed by atoms with Gasteiger partial charge in [-0.25, -0.2) is 8.78 Å². The van der Waals surface area contributed by atoms with E-state index in [1.165, 1.54) is 10.7 Å². The molecule has 3 rings (SSSR count). The van der Waals surface area contributed by atoms with Gasteiger partial charge in [0.15, 0.2) is 17.5 Å². The molecule has 106 valence electrons. The number of nitrogens with two attached hydrogens (primary N) is 2. The number of halogens is 2. The van der Waals surface area contributed by atoms with Crippen molar-refractivity contribution in [3.05, 3.63) is 48.0 Å². The minimum Gasteiger partial charge on any atom is -0.399 e. The standard InChI is InChI=1S/C13H10F2N6/c14-11-2-1-10(6-12(11)15)21-13(18-19-20-21)7-3-8(16)5-9(17)4-7/h1-6H,16-17H2. The minimum atomic E-state index is -0.985. The van der Waals surface area contributed by atoms with Crippen LogP contribution < -0.4 is 11.5 Å². The summed E-state index contributed by atoms with van der Waals surface area (Å²) >= 11 is 0. The third-order valence-electron chi connectivity index (χ3n) is 2.85. The molecule has 0 spiro atoms. The third-order valence-corrected chi connectivity index (χ3v) is 2.85. The Labute approximate surface area is 118 Å². The van der Waals surface area contributed by atoms with Crippen molar-refractivity contribution in [2.75, 3.05) is 11.5 Å². The Hall–Kier alpha value is -3.03. The quantitative estimate of drug-likeness (QED) is 0.701. The lowest BCUT2D eigenvalue weighted by Crippen LogP contribution is -2.02. The number of aromatic nitrogens is 4. The Kier molecular flexibility index (Phi) is 2.98. The van der Waals surface area contributed by atoms with E-state index >= 15 is 0 Å². The average Bonchev–Trinajstić information content (AvgIpc) is 2.90. The summed E-state index contributed by atoms with van der Waals surface area (Å²) in [4.78, 5) is 0. The first-order valence-electron chi connectivity index (χ1n) is 5.95. The van der Waals surface area contributed by atoms with E-state index in [2.05, 4.69) is 15.5 Å². The van der Waals surface area contributed by atoms with Gasteiger partial charge < -0.3 is 11.5 Å². The molecule has 0 aliphatic heterocycles. The van der Waals surface area contributed by atoms with Gasteiger partial charge >= 0.3 is 0 Å². The molecule has 3 aromatic rings. The highest BCUT2D eigenvalue weighted by Crippen LogP contribution is 2.24. The molecule has 0 aliphatic carbocycles. The summed E-state index contributed by atoms with van der Waals surface area (Å²) in [5.41, 5.74) is 13.2. The van der Waals surface area contributed by atoms with Gasteiger partial charge in [0.25, 0.3) is 0 Å². The Balaban J connectivity index is 2.14. The van der Waals surface area contributed by atoms with Crippen LogP contribution in [0.4, 0.5) is 20.2 Å². The lowest BCUT2D eigenvalue weighted by molar-refractivity contribution is 0.507. The maximum Gasteiger partial charge on any atom is 0.187 e. The van der Waals surface area contributed by atoms with E-state index in [9.17, 15) is 8.78 Å². The van der Waals surface area contributed by atoms with Gasteiger partial charge in [-0.2, -0.15) is 4.68 Å². The Bertz CT molecular complexity index is 794. The maximum absolute atomic E-state index is 13.3. The molecule has 21 heavy (non-hydrogen) atoms. The summed E-state index contributed by atoms with van der Waals surface area (Å²) < 4.78 is 27.6. The van der Waals surface area contributed by atoms with Gasteiger partial charge in [-0.15, -0.1) is 5.10 Å². The van der Waals surface area contributed by atoms with Crippen molar-refractivity contribution >= 4 is 11.4 Å². The zero-order valence-electron chi connectivity index (χ0n) is 10.7. The van der Waals surface area contributed by atoms with Gasteiger partial charge in [-0.1, -0.05) is 0 Å². The van der Waals surface area contributed by atoms with Crippen LogP contribution >= 0.6 is 0 Å². The van der Waals surface area contributed by atoms with Gasteiger partial charge in [0.1, 0.15) is 0 Å². The Morgan fingerprint density at radius 3 is 2.29 bits per heavy atom. The first-order valence-corrected chi connectivity index (χ1v) is 5.95. The smallest absolute Gasteiger partial charge is 0.187 e. The van der Waals surface area contributed by atoms with Gasteiger partial charge in [0, 0.05) is 23.0 Å². The largest absolute Gasteiger partial charge is 0.399 e. The monoisotopic (exact) mass is 288 g/mol. The molecule has 0 bridgehead atoms. The molecule has 8 heteroatoms. The first kappa shape index (κ1) is 13.0. The lowest BCUT2D eigenvalue weighted by atomic mass is 10.1. The topological polar surface area (TPSA) is 95.6 Å². The number of rotatable bonds is 2. The number of hydrogen-bond acceptors (Lipinski definition) is 5. The van der Waals surface area contributed by atoms with Crippen LogP contribution in [0.25, 0.3) is 17.1 Å². The predicted molar refractivity (Wildman–Crippen MR) is 73.3 cm³/mol.